The summed E-state index contributed by atoms with van der Waals surface area (Å²) in [5, 5.41) is 0.952. The molecule has 3 nitrogen and oxygen atoms in total. The molecule has 0 bridgehead atoms. The fourth-order valence-corrected chi connectivity index (χ4v) is 2.15. The Morgan fingerprint density at radius 1 is 1.00 bits per heavy atom. The van der Waals surface area contributed by atoms with E-state index in [9.17, 15) is 21.6 Å². The van der Waals surface area contributed by atoms with E-state index in [1.807, 2.05) is 0 Å². The first-order valence-corrected chi connectivity index (χ1v) is 6.62. The molecule has 0 aliphatic heterocycles. The summed E-state index contributed by atoms with van der Waals surface area (Å²) in [5.41, 5.74) is -4.63. The third kappa shape index (κ3) is 2.51. The fraction of sp³-hybridized carbons (Fsp3) is 0.167. The highest BCUT2D eigenvalue weighted by atomic mass is 32.2. The van der Waals surface area contributed by atoms with Gasteiger partial charge in [0.1, 0.15) is 0 Å². The summed E-state index contributed by atoms with van der Waals surface area (Å²) in [6.07, 6.45) is 0. The van der Waals surface area contributed by atoms with Crippen LogP contribution in [-0.4, -0.2) is 13.9 Å². The van der Waals surface area contributed by atoms with Crippen molar-refractivity contribution in [2.45, 2.75) is 12.4 Å². The molecule has 0 fully saturated rings. The van der Waals surface area contributed by atoms with Crippen LogP contribution in [0.15, 0.2) is 36.4 Å². The lowest BCUT2D eigenvalue weighted by Crippen LogP contribution is -2.28. The monoisotopic (exact) mass is 290 g/mol. The largest absolute Gasteiger partial charge is 0.534 e. The quantitative estimate of drug-likeness (QED) is 0.629. The average molecular weight is 290 g/mol. The van der Waals surface area contributed by atoms with Gasteiger partial charge in [0.25, 0.3) is 0 Å². The molecule has 0 saturated heterocycles. The smallest absolute Gasteiger partial charge is 0.375 e. The van der Waals surface area contributed by atoms with Crippen LogP contribution in [0, 0.1) is 6.92 Å². The number of alkyl halides is 3. The van der Waals surface area contributed by atoms with Gasteiger partial charge in [-0.05, 0) is 23.9 Å². The van der Waals surface area contributed by atoms with Gasteiger partial charge in [-0.2, -0.15) is 21.6 Å². The SMILES string of the molecule is Cc1cccc2c(OS(=O)(=O)C(F)(F)F)cccc12. The average Bonchev–Trinajstić information content (AvgIpc) is 2.28. The molecular formula is C12H9F3O3S. The first-order valence-electron chi connectivity index (χ1n) is 5.21. The minimum absolute atomic E-state index is 0.315. The molecule has 7 heteroatoms. The Morgan fingerprint density at radius 3 is 2.21 bits per heavy atom. The van der Waals surface area contributed by atoms with Crippen molar-refractivity contribution in [1.29, 1.82) is 0 Å². The first kappa shape index (κ1) is 13.7. The normalized spacial score (nSPS) is 12.6. The zero-order valence-corrected chi connectivity index (χ0v) is 10.5. The van der Waals surface area contributed by atoms with Crippen LogP contribution < -0.4 is 4.18 Å². The summed E-state index contributed by atoms with van der Waals surface area (Å²) in [6.45, 7) is 1.77. The maximum Gasteiger partial charge on any atom is 0.534 e. The number of rotatable bonds is 2. The minimum atomic E-state index is -5.66. The van der Waals surface area contributed by atoms with Crippen LogP contribution in [0.1, 0.15) is 5.56 Å². The highest BCUT2D eigenvalue weighted by Crippen LogP contribution is 2.32. The maximum absolute atomic E-state index is 12.3. The Hall–Kier alpha value is -1.76. The molecule has 2 aromatic carbocycles. The Morgan fingerprint density at radius 2 is 1.58 bits per heavy atom. The molecule has 2 aromatic rings. The van der Waals surface area contributed by atoms with Crippen LogP contribution in [0.3, 0.4) is 0 Å². The van der Waals surface area contributed by atoms with E-state index < -0.39 is 15.6 Å². The van der Waals surface area contributed by atoms with Crippen molar-refractivity contribution in [3.8, 4) is 5.75 Å². The third-order valence-corrected chi connectivity index (χ3v) is 3.55. The molecule has 0 heterocycles. The van der Waals surface area contributed by atoms with E-state index in [4.69, 9.17) is 0 Å². The summed E-state index contributed by atoms with van der Waals surface area (Å²) < 4.78 is 63.0. The molecular weight excluding hydrogens is 281 g/mol. The third-order valence-electron chi connectivity index (χ3n) is 2.58. The number of hydrogen-bond acceptors (Lipinski definition) is 3. The Balaban J connectivity index is 2.57. The van der Waals surface area contributed by atoms with Crippen molar-refractivity contribution in [3.63, 3.8) is 0 Å². The lowest BCUT2D eigenvalue weighted by molar-refractivity contribution is -0.0499. The molecule has 102 valence electrons. The Kier molecular flexibility index (Phi) is 3.17. The van der Waals surface area contributed by atoms with Gasteiger partial charge in [-0.3, -0.25) is 0 Å². The molecule has 2 rings (SSSR count). The van der Waals surface area contributed by atoms with Crippen molar-refractivity contribution < 1.29 is 25.8 Å². The molecule has 19 heavy (non-hydrogen) atoms. The summed E-state index contributed by atoms with van der Waals surface area (Å²) in [5.74, 6) is -0.335. The molecule has 0 radical (unpaired) electrons. The van der Waals surface area contributed by atoms with Crippen molar-refractivity contribution in [1.82, 2.24) is 0 Å². The summed E-state index contributed by atoms with van der Waals surface area (Å²) in [6, 6.07) is 9.19. The Bertz CT molecular complexity index is 721. The van der Waals surface area contributed by atoms with Gasteiger partial charge in [0.2, 0.25) is 0 Å². The molecule has 0 N–H and O–H groups in total. The number of benzene rings is 2. The zero-order valence-electron chi connectivity index (χ0n) is 9.73. The van der Waals surface area contributed by atoms with Crippen LogP contribution in [0.2, 0.25) is 0 Å². The lowest BCUT2D eigenvalue weighted by Gasteiger charge is -2.12. The van der Waals surface area contributed by atoms with Crippen LogP contribution in [0.25, 0.3) is 10.8 Å². The van der Waals surface area contributed by atoms with Crippen molar-refractivity contribution in [2.24, 2.45) is 0 Å². The second kappa shape index (κ2) is 4.41. The van der Waals surface area contributed by atoms with Crippen molar-refractivity contribution >= 4 is 20.9 Å². The van der Waals surface area contributed by atoms with Crippen molar-refractivity contribution in [3.05, 3.63) is 42.0 Å². The minimum Gasteiger partial charge on any atom is -0.375 e. The molecule has 0 aliphatic rings. The first-order chi connectivity index (χ1) is 8.72. The molecule has 0 aliphatic carbocycles. The molecule has 0 amide bonds. The number of fused-ring (bicyclic) bond motifs is 1. The van der Waals surface area contributed by atoms with Gasteiger partial charge >= 0.3 is 15.6 Å². The van der Waals surface area contributed by atoms with Gasteiger partial charge in [0.05, 0.1) is 0 Å². The van der Waals surface area contributed by atoms with Gasteiger partial charge in [0.15, 0.2) is 5.75 Å². The van der Waals surface area contributed by atoms with Gasteiger partial charge in [-0.1, -0.05) is 30.3 Å². The lowest BCUT2D eigenvalue weighted by atomic mass is 10.1. The van der Waals surface area contributed by atoms with E-state index in [1.54, 1.807) is 25.1 Å². The highest BCUT2D eigenvalue weighted by Gasteiger charge is 2.48. The fourth-order valence-electron chi connectivity index (χ4n) is 1.68. The number of aryl methyl sites for hydroxylation is 1. The highest BCUT2D eigenvalue weighted by molar-refractivity contribution is 7.88. The van der Waals surface area contributed by atoms with Gasteiger partial charge in [-0.15, -0.1) is 0 Å². The molecule has 0 aromatic heterocycles. The van der Waals surface area contributed by atoms with Gasteiger partial charge in [-0.25, -0.2) is 0 Å². The predicted octanol–water partition coefficient (Wildman–Crippen LogP) is 3.38. The maximum atomic E-state index is 12.3. The molecule has 0 atom stereocenters. The van der Waals surface area contributed by atoms with E-state index in [-0.39, 0.29) is 5.75 Å². The van der Waals surface area contributed by atoms with E-state index in [0.717, 1.165) is 5.56 Å². The van der Waals surface area contributed by atoms with Crippen molar-refractivity contribution in [2.75, 3.05) is 0 Å². The summed E-state index contributed by atoms with van der Waals surface area (Å²) >= 11 is 0. The van der Waals surface area contributed by atoms with Crippen LogP contribution >= 0.6 is 0 Å². The predicted molar refractivity (Wildman–Crippen MR) is 64.3 cm³/mol. The van der Waals surface area contributed by atoms with Gasteiger partial charge < -0.3 is 4.18 Å². The van der Waals surface area contributed by atoms with Crippen LogP contribution in [0.5, 0.6) is 5.75 Å². The number of halogens is 3. The zero-order chi connectivity index (χ0) is 14.3. The van der Waals surface area contributed by atoms with Crippen LogP contribution in [-0.2, 0) is 10.1 Å². The van der Waals surface area contributed by atoms with Gasteiger partial charge in [0, 0.05) is 5.39 Å². The molecule has 0 spiro atoms. The van der Waals surface area contributed by atoms with E-state index in [1.165, 1.54) is 18.2 Å². The molecule has 0 unspecified atom stereocenters. The second-order valence-corrected chi connectivity index (χ2v) is 5.45. The van der Waals surface area contributed by atoms with E-state index >= 15 is 0 Å². The van der Waals surface area contributed by atoms with E-state index in [2.05, 4.69) is 4.18 Å². The summed E-state index contributed by atoms with van der Waals surface area (Å²) in [4.78, 5) is 0. The number of hydrogen-bond donors (Lipinski definition) is 0. The standard InChI is InChI=1S/C12H9F3O3S/c1-8-4-2-6-10-9(8)5-3-7-11(10)18-19(16,17)12(13,14)15/h2-7H,1H3. The molecule has 0 saturated carbocycles. The topological polar surface area (TPSA) is 43.4 Å². The summed E-state index contributed by atoms with van der Waals surface area (Å²) in [7, 11) is -5.66. The Labute approximate surface area is 107 Å². The van der Waals surface area contributed by atoms with Crippen LogP contribution in [0.4, 0.5) is 13.2 Å². The second-order valence-electron chi connectivity index (χ2n) is 3.91. The van der Waals surface area contributed by atoms with E-state index in [0.29, 0.717) is 10.8 Å².